The Labute approximate surface area is 121 Å². The lowest BCUT2D eigenvalue weighted by Gasteiger charge is -2.31. The first kappa shape index (κ1) is 13.4. The lowest BCUT2D eigenvalue weighted by molar-refractivity contribution is 0.0764. The molecule has 0 aliphatic heterocycles. The first-order valence-electron chi connectivity index (χ1n) is 7.62. The van der Waals surface area contributed by atoms with Crippen molar-refractivity contribution in [1.29, 1.82) is 0 Å². The minimum absolute atomic E-state index is 0.686. The van der Waals surface area contributed by atoms with E-state index in [9.17, 15) is 5.11 Å². The summed E-state index contributed by atoms with van der Waals surface area (Å²) in [5, 5.41) is 11.2. The smallest absolute Gasteiger partial charge is 0.114 e. The van der Waals surface area contributed by atoms with Crippen LogP contribution in [0.4, 0.5) is 0 Å². The van der Waals surface area contributed by atoms with Crippen molar-refractivity contribution < 1.29 is 5.11 Å². The Hall–Kier alpha value is -1.60. The summed E-state index contributed by atoms with van der Waals surface area (Å²) >= 11 is 0. The molecular formula is C19H22O. The summed E-state index contributed by atoms with van der Waals surface area (Å²) in [7, 11) is 0. The van der Waals surface area contributed by atoms with E-state index in [4.69, 9.17) is 0 Å². The highest BCUT2D eigenvalue weighted by Gasteiger charge is 2.30. The molecular weight excluding hydrogens is 244 g/mol. The Morgan fingerprint density at radius 3 is 2.30 bits per heavy atom. The Kier molecular flexibility index (Phi) is 3.62. The summed E-state index contributed by atoms with van der Waals surface area (Å²) < 4.78 is 0. The highest BCUT2D eigenvalue weighted by molar-refractivity contribution is 5.39. The van der Waals surface area contributed by atoms with E-state index in [1.54, 1.807) is 0 Å². The topological polar surface area (TPSA) is 20.2 Å². The van der Waals surface area contributed by atoms with Crippen molar-refractivity contribution in [3.63, 3.8) is 0 Å². The Balaban J connectivity index is 2.00. The maximum Gasteiger partial charge on any atom is 0.114 e. The van der Waals surface area contributed by atoms with Crippen LogP contribution < -0.4 is 0 Å². The van der Waals surface area contributed by atoms with Crippen LogP contribution in [0.3, 0.4) is 0 Å². The third-order valence-electron chi connectivity index (χ3n) is 4.70. The fraction of sp³-hybridized carbons (Fsp3) is 0.368. The summed E-state index contributed by atoms with van der Waals surface area (Å²) in [5.74, 6) is 0.701. The number of hydrogen-bond donors (Lipinski definition) is 1. The predicted octanol–water partition coefficient (Wildman–Crippen LogP) is 4.60. The third-order valence-corrected chi connectivity index (χ3v) is 4.70. The standard InChI is InChI=1S/C19H22O/c1-2-19(20,17-11-4-3-5-12-17)18-13-7-10-16(14-18)15-8-6-9-15/h3-5,7,10-15,20H,2,6,8-9H2,1H3. The van der Waals surface area contributed by atoms with Crippen LogP contribution in [0.25, 0.3) is 0 Å². The van der Waals surface area contributed by atoms with Gasteiger partial charge in [-0.2, -0.15) is 0 Å². The minimum Gasteiger partial charge on any atom is -0.380 e. The van der Waals surface area contributed by atoms with Crippen LogP contribution in [0.5, 0.6) is 0 Å². The van der Waals surface area contributed by atoms with Crippen LogP contribution in [0, 0.1) is 0 Å². The van der Waals surface area contributed by atoms with Crippen LogP contribution in [0.2, 0.25) is 0 Å². The van der Waals surface area contributed by atoms with E-state index in [0.717, 1.165) is 11.1 Å². The molecule has 1 saturated carbocycles. The predicted molar refractivity (Wildman–Crippen MR) is 82.8 cm³/mol. The second kappa shape index (κ2) is 5.41. The number of aliphatic hydroxyl groups is 1. The van der Waals surface area contributed by atoms with Crippen molar-refractivity contribution in [2.45, 2.75) is 44.1 Å². The fourth-order valence-electron chi connectivity index (χ4n) is 3.08. The van der Waals surface area contributed by atoms with Crippen LogP contribution in [-0.4, -0.2) is 5.11 Å². The molecule has 104 valence electrons. The molecule has 0 amide bonds. The number of benzene rings is 2. The molecule has 1 nitrogen and oxygen atoms in total. The number of hydrogen-bond acceptors (Lipinski definition) is 1. The van der Waals surface area contributed by atoms with Crippen LogP contribution in [0.15, 0.2) is 54.6 Å². The molecule has 20 heavy (non-hydrogen) atoms. The Morgan fingerprint density at radius 2 is 1.70 bits per heavy atom. The second-order valence-electron chi connectivity index (χ2n) is 5.83. The van der Waals surface area contributed by atoms with Gasteiger partial charge in [-0.15, -0.1) is 0 Å². The van der Waals surface area contributed by atoms with E-state index in [0.29, 0.717) is 12.3 Å². The zero-order valence-electron chi connectivity index (χ0n) is 12.0. The molecule has 0 spiro atoms. The van der Waals surface area contributed by atoms with Crippen molar-refractivity contribution in [3.05, 3.63) is 71.3 Å². The van der Waals surface area contributed by atoms with Gasteiger partial charge in [-0.1, -0.05) is 67.9 Å². The van der Waals surface area contributed by atoms with Crippen molar-refractivity contribution in [2.75, 3.05) is 0 Å². The Morgan fingerprint density at radius 1 is 1.00 bits per heavy atom. The van der Waals surface area contributed by atoms with Gasteiger partial charge in [-0.25, -0.2) is 0 Å². The zero-order valence-corrected chi connectivity index (χ0v) is 12.0. The molecule has 0 bridgehead atoms. The highest BCUT2D eigenvalue weighted by Crippen LogP contribution is 2.39. The van der Waals surface area contributed by atoms with E-state index in [1.807, 2.05) is 37.3 Å². The molecule has 0 heterocycles. The molecule has 1 unspecified atom stereocenters. The van der Waals surface area contributed by atoms with Crippen molar-refractivity contribution >= 4 is 0 Å². The van der Waals surface area contributed by atoms with Gasteiger partial charge in [0.1, 0.15) is 5.60 Å². The summed E-state index contributed by atoms with van der Waals surface area (Å²) in [6.07, 6.45) is 4.61. The molecule has 1 heteroatoms. The lowest BCUT2D eigenvalue weighted by Crippen LogP contribution is -2.26. The normalized spacial score (nSPS) is 18.3. The van der Waals surface area contributed by atoms with Gasteiger partial charge in [0.05, 0.1) is 0 Å². The summed E-state index contributed by atoms with van der Waals surface area (Å²) in [5.41, 5.74) is 2.52. The molecule has 0 aromatic heterocycles. The lowest BCUT2D eigenvalue weighted by atomic mass is 9.77. The molecule has 1 aliphatic carbocycles. The van der Waals surface area contributed by atoms with Gasteiger partial charge < -0.3 is 5.11 Å². The largest absolute Gasteiger partial charge is 0.380 e. The first-order valence-corrected chi connectivity index (χ1v) is 7.62. The zero-order chi connectivity index (χ0) is 14.0. The monoisotopic (exact) mass is 266 g/mol. The van der Waals surface area contributed by atoms with Gasteiger partial charge >= 0.3 is 0 Å². The van der Waals surface area contributed by atoms with Crippen LogP contribution in [-0.2, 0) is 5.60 Å². The molecule has 1 N–H and O–H groups in total. The van der Waals surface area contributed by atoms with Gasteiger partial charge in [0.15, 0.2) is 0 Å². The maximum absolute atomic E-state index is 11.2. The van der Waals surface area contributed by atoms with Crippen molar-refractivity contribution in [2.24, 2.45) is 0 Å². The van der Waals surface area contributed by atoms with E-state index >= 15 is 0 Å². The van der Waals surface area contributed by atoms with Gasteiger partial charge in [-0.05, 0) is 41.9 Å². The first-order chi connectivity index (χ1) is 9.74. The molecule has 1 fully saturated rings. The molecule has 3 rings (SSSR count). The average Bonchev–Trinajstić information content (AvgIpc) is 2.46. The Bertz CT molecular complexity index is 571. The van der Waals surface area contributed by atoms with E-state index in [1.165, 1.54) is 24.8 Å². The van der Waals surface area contributed by atoms with Gasteiger partial charge in [-0.3, -0.25) is 0 Å². The fourth-order valence-corrected chi connectivity index (χ4v) is 3.08. The SMILES string of the molecule is CCC(O)(c1ccccc1)c1cccc(C2CCC2)c1. The quantitative estimate of drug-likeness (QED) is 0.857. The highest BCUT2D eigenvalue weighted by atomic mass is 16.3. The second-order valence-corrected chi connectivity index (χ2v) is 5.83. The maximum atomic E-state index is 11.2. The third kappa shape index (κ3) is 2.27. The van der Waals surface area contributed by atoms with Crippen LogP contribution in [0.1, 0.15) is 55.2 Å². The average molecular weight is 266 g/mol. The molecule has 0 saturated heterocycles. The van der Waals surface area contributed by atoms with E-state index < -0.39 is 5.60 Å². The van der Waals surface area contributed by atoms with Gasteiger partial charge in [0, 0.05) is 0 Å². The van der Waals surface area contributed by atoms with Gasteiger partial charge in [0.25, 0.3) is 0 Å². The van der Waals surface area contributed by atoms with Gasteiger partial charge in [0.2, 0.25) is 0 Å². The molecule has 2 aromatic carbocycles. The van der Waals surface area contributed by atoms with Crippen molar-refractivity contribution in [3.8, 4) is 0 Å². The summed E-state index contributed by atoms with van der Waals surface area (Å²) in [4.78, 5) is 0. The van der Waals surface area contributed by atoms with Crippen molar-refractivity contribution in [1.82, 2.24) is 0 Å². The minimum atomic E-state index is -0.874. The molecule has 1 aliphatic rings. The van der Waals surface area contributed by atoms with E-state index in [2.05, 4.69) is 24.3 Å². The number of rotatable bonds is 4. The molecule has 1 atom stereocenters. The van der Waals surface area contributed by atoms with Crippen LogP contribution >= 0.6 is 0 Å². The summed E-state index contributed by atoms with van der Waals surface area (Å²) in [6, 6.07) is 18.6. The van der Waals surface area contributed by atoms with E-state index in [-0.39, 0.29) is 0 Å². The molecule has 2 aromatic rings. The molecule has 0 radical (unpaired) electrons. The summed E-state index contributed by atoms with van der Waals surface area (Å²) in [6.45, 7) is 2.04.